The number of fused-ring (bicyclic) bond motifs is 3. The maximum absolute atomic E-state index is 14.0. The maximum atomic E-state index is 14.0. The summed E-state index contributed by atoms with van der Waals surface area (Å²) in [7, 11) is 0. The molecule has 0 saturated carbocycles. The molecule has 0 bridgehead atoms. The van der Waals surface area contributed by atoms with Gasteiger partial charge >= 0.3 is 0 Å². The zero-order chi connectivity index (χ0) is 21.4. The predicted octanol–water partition coefficient (Wildman–Crippen LogP) is 5.89. The molecule has 0 atom stereocenters. The Kier molecular flexibility index (Phi) is 5.03. The van der Waals surface area contributed by atoms with Gasteiger partial charge in [0.05, 0.1) is 16.3 Å². The SMILES string of the molecule is O=C(Nc1nc2c(s1)-c1cc(-c3ccccn3)ccc1CCC2)c1c(F)cccc1F. The van der Waals surface area contributed by atoms with Crippen LogP contribution in [0.2, 0.25) is 0 Å². The highest BCUT2D eigenvalue weighted by Crippen LogP contribution is 2.40. The van der Waals surface area contributed by atoms with E-state index in [0.29, 0.717) is 5.13 Å². The molecule has 31 heavy (non-hydrogen) atoms. The van der Waals surface area contributed by atoms with Gasteiger partial charge in [-0.15, -0.1) is 0 Å². The summed E-state index contributed by atoms with van der Waals surface area (Å²) < 4.78 is 27.9. The molecule has 4 nitrogen and oxygen atoms in total. The lowest BCUT2D eigenvalue weighted by Crippen LogP contribution is -2.15. The summed E-state index contributed by atoms with van der Waals surface area (Å²) in [4.78, 5) is 22.5. The monoisotopic (exact) mass is 433 g/mol. The maximum Gasteiger partial charge on any atom is 0.263 e. The number of benzene rings is 2. The van der Waals surface area contributed by atoms with Gasteiger partial charge in [0.25, 0.3) is 5.91 Å². The van der Waals surface area contributed by atoms with Crippen molar-refractivity contribution in [3.05, 3.63) is 89.2 Å². The van der Waals surface area contributed by atoms with Crippen LogP contribution in [0.25, 0.3) is 21.7 Å². The molecule has 0 spiro atoms. The van der Waals surface area contributed by atoms with E-state index in [2.05, 4.69) is 33.5 Å². The Morgan fingerprint density at radius 2 is 1.84 bits per heavy atom. The van der Waals surface area contributed by atoms with Crippen molar-refractivity contribution in [2.24, 2.45) is 0 Å². The molecule has 0 saturated heterocycles. The minimum Gasteiger partial charge on any atom is -0.298 e. The van der Waals surface area contributed by atoms with Crippen LogP contribution in [0.15, 0.2) is 60.8 Å². The minimum atomic E-state index is -0.902. The van der Waals surface area contributed by atoms with E-state index in [1.54, 1.807) is 6.20 Å². The lowest BCUT2D eigenvalue weighted by Gasteiger charge is -2.09. The normalized spacial score (nSPS) is 12.6. The second-order valence-corrected chi connectivity index (χ2v) is 8.29. The van der Waals surface area contributed by atoms with Gasteiger partial charge in [-0.1, -0.05) is 35.6 Å². The van der Waals surface area contributed by atoms with Crippen LogP contribution < -0.4 is 5.32 Å². The van der Waals surface area contributed by atoms with Crippen molar-refractivity contribution < 1.29 is 13.6 Å². The van der Waals surface area contributed by atoms with Crippen LogP contribution in [0.1, 0.15) is 28.0 Å². The fourth-order valence-corrected chi connectivity index (χ4v) is 4.86. The van der Waals surface area contributed by atoms with Crippen LogP contribution >= 0.6 is 11.3 Å². The van der Waals surface area contributed by atoms with E-state index in [-0.39, 0.29) is 0 Å². The molecular formula is C24H17F2N3OS. The van der Waals surface area contributed by atoms with E-state index < -0.39 is 23.1 Å². The summed E-state index contributed by atoms with van der Waals surface area (Å²) in [5, 5.41) is 2.90. The molecule has 2 aromatic heterocycles. The molecule has 0 unspecified atom stereocenters. The summed E-state index contributed by atoms with van der Waals surface area (Å²) in [5.74, 6) is -2.65. The van der Waals surface area contributed by atoms with E-state index in [1.165, 1.54) is 23.0 Å². The number of nitrogens with zero attached hydrogens (tertiary/aromatic N) is 2. The van der Waals surface area contributed by atoms with Crippen molar-refractivity contribution >= 4 is 22.4 Å². The molecule has 7 heteroatoms. The highest BCUT2D eigenvalue weighted by atomic mass is 32.1. The summed E-state index contributed by atoms with van der Waals surface area (Å²) >= 11 is 1.32. The van der Waals surface area contributed by atoms with E-state index in [9.17, 15) is 13.6 Å². The Morgan fingerprint density at radius 1 is 1.00 bits per heavy atom. The van der Waals surface area contributed by atoms with Gasteiger partial charge in [-0.3, -0.25) is 15.1 Å². The fraction of sp³-hybridized carbons (Fsp3) is 0.125. The quantitative estimate of drug-likeness (QED) is 0.438. The Balaban J connectivity index is 1.52. The first kappa shape index (κ1) is 19.5. The molecule has 1 N–H and O–H groups in total. The third kappa shape index (κ3) is 3.72. The fourth-order valence-electron chi connectivity index (χ4n) is 3.80. The number of halogens is 2. The molecule has 1 aliphatic rings. The van der Waals surface area contributed by atoms with Crippen molar-refractivity contribution in [3.63, 3.8) is 0 Å². The van der Waals surface area contributed by atoms with E-state index in [4.69, 9.17) is 0 Å². The van der Waals surface area contributed by atoms with E-state index >= 15 is 0 Å². The molecule has 154 valence electrons. The van der Waals surface area contributed by atoms with Crippen LogP contribution in [0, 0.1) is 11.6 Å². The predicted molar refractivity (Wildman–Crippen MR) is 117 cm³/mol. The number of nitrogens with one attached hydrogen (secondary N) is 1. The molecule has 0 fully saturated rings. The van der Waals surface area contributed by atoms with E-state index in [0.717, 1.165) is 58.8 Å². The van der Waals surface area contributed by atoms with Gasteiger partial charge in [-0.25, -0.2) is 13.8 Å². The van der Waals surface area contributed by atoms with Gasteiger partial charge in [0, 0.05) is 11.8 Å². The standard InChI is InChI=1S/C24H17F2N3OS/c25-17-6-4-7-18(26)21(17)23(30)29-24-28-20-9-3-5-14-10-11-15(13-16(14)22(20)31-24)19-8-1-2-12-27-19/h1-2,4,6-8,10-13H,3,5,9H2,(H,28,29,30). The molecule has 0 radical (unpaired) electrons. The Morgan fingerprint density at radius 3 is 2.61 bits per heavy atom. The lowest BCUT2D eigenvalue weighted by atomic mass is 9.99. The smallest absolute Gasteiger partial charge is 0.263 e. The number of hydrogen-bond acceptors (Lipinski definition) is 4. The Bertz CT molecular complexity index is 1270. The number of hydrogen-bond donors (Lipinski definition) is 1. The van der Waals surface area contributed by atoms with Crippen LogP contribution in [0.5, 0.6) is 0 Å². The van der Waals surface area contributed by atoms with Crippen LogP contribution in [-0.4, -0.2) is 15.9 Å². The van der Waals surface area contributed by atoms with Gasteiger partial charge in [0.1, 0.15) is 17.2 Å². The van der Waals surface area contributed by atoms with Gasteiger partial charge in [0.15, 0.2) is 5.13 Å². The second-order valence-electron chi connectivity index (χ2n) is 7.29. The molecule has 2 heterocycles. The summed E-state index contributed by atoms with van der Waals surface area (Å²) in [6.07, 6.45) is 4.39. The van der Waals surface area contributed by atoms with Gasteiger partial charge in [0.2, 0.25) is 0 Å². The molecule has 4 aromatic rings. The Hall–Kier alpha value is -3.45. The number of thiazole rings is 1. The number of amides is 1. The summed E-state index contributed by atoms with van der Waals surface area (Å²) in [6.45, 7) is 0. The second kappa shape index (κ2) is 8.00. The van der Waals surface area contributed by atoms with E-state index in [1.807, 2.05) is 18.2 Å². The number of anilines is 1. The average molecular weight is 433 g/mol. The highest BCUT2D eigenvalue weighted by molar-refractivity contribution is 7.19. The molecule has 0 aliphatic heterocycles. The topological polar surface area (TPSA) is 54.9 Å². The number of pyridine rings is 1. The van der Waals surface area contributed by atoms with Crippen molar-refractivity contribution in [1.29, 1.82) is 0 Å². The third-order valence-electron chi connectivity index (χ3n) is 5.28. The van der Waals surface area contributed by atoms with Crippen molar-refractivity contribution in [1.82, 2.24) is 9.97 Å². The number of carbonyl (C=O) groups is 1. The molecule has 1 aliphatic carbocycles. The first-order chi connectivity index (χ1) is 15.1. The summed E-state index contributed by atoms with van der Waals surface area (Å²) in [5.41, 5.74) is 4.42. The van der Waals surface area contributed by atoms with Gasteiger partial charge < -0.3 is 0 Å². The number of aryl methyl sites for hydroxylation is 2. The molecular weight excluding hydrogens is 416 g/mol. The first-order valence-corrected chi connectivity index (χ1v) is 10.7. The number of aromatic nitrogens is 2. The zero-order valence-corrected chi connectivity index (χ0v) is 17.2. The van der Waals surface area contributed by atoms with Crippen LogP contribution in [-0.2, 0) is 12.8 Å². The molecule has 5 rings (SSSR count). The lowest BCUT2D eigenvalue weighted by molar-refractivity contribution is 0.101. The van der Waals surface area contributed by atoms with Gasteiger partial charge in [-0.2, -0.15) is 0 Å². The first-order valence-electron chi connectivity index (χ1n) is 9.90. The molecule has 1 amide bonds. The summed E-state index contributed by atoms with van der Waals surface area (Å²) in [6, 6.07) is 15.4. The average Bonchev–Trinajstić information content (AvgIpc) is 3.08. The van der Waals surface area contributed by atoms with Crippen LogP contribution in [0.4, 0.5) is 13.9 Å². The van der Waals surface area contributed by atoms with Crippen LogP contribution in [0.3, 0.4) is 0 Å². The van der Waals surface area contributed by atoms with Gasteiger partial charge in [-0.05, 0) is 60.7 Å². The number of carbonyl (C=O) groups excluding carboxylic acids is 1. The highest BCUT2D eigenvalue weighted by Gasteiger charge is 2.23. The van der Waals surface area contributed by atoms with Crippen molar-refractivity contribution in [2.45, 2.75) is 19.3 Å². The zero-order valence-electron chi connectivity index (χ0n) is 16.4. The largest absolute Gasteiger partial charge is 0.298 e. The Labute approximate surface area is 181 Å². The molecule has 2 aromatic carbocycles. The van der Waals surface area contributed by atoms with Crippen molar-refractivity contribution in [3.8, 4) is 21.7 Å². The third-order valence-corrected chi connectivity index (χ3v) is 6.33. The number of rotatable bonds is 3. The minimum absolute atomic E-state index is 0.328. The van der Waals surface area contributed by atoms with Crippen molar-refractivity contribution in [2.75, 3.05) is 5.32 Å².